The Hall–Kier alpha value is -1.05. The van der Waals surface area contributed by atoms with Crippen LogP contribution in [0.15, 0.2) is 28.7 Å². The molecule has 0 bridgehead atoms. The first-order valence-electron chi connectivity index (χ1n) is 6.18. The van der Waals surface area contributed by atoms with Gasteiger partial charge in [0.1, 0.15) is 0 Å². The summed E-state index contributed by atoms with van der Waals surface area (Å²) in [6.45, 7) is 0. The van der Waals surface area contributed by atoms with Gasteiger partial charge in [-0.25, -0.2) is 0 Å². The first-order valence-corrected chi connectivity index (χ1v) is 6.97. The Kier molecular flexibility index (Phi) is 4.26. The molecule has 1 fully saturated rings. The SMILES string of the molecule is COC1CCCCC1(C#N)Nc1cccc(Br)c1. The molecule has 0 radical (unpaired) electrons. The largest absolute Gasteiger partial charge is 0.378 e. The fourth-order valence-electron chi connectivity index (χ4n) is 2.58. The Morgan fingerprint density at radius 2 is 2.33 bits per heavy atom. The lowest BCUT2D eigenvalue weighted by Gasteiger charge is -2.39. The van der Waals surface area contributed by atoms with Crippen molar-refractivity contribution in [2.45, 2.75) is 37.3 Å². The van der Waals surface area contributed by atoms with Gasteiger partial charge in [0.15, 0.2) is 5.54 Å². The van der Waals surface area contributed by atoms with Crippen LogP contribution >= 0.6 is 15.9 Å². The first-order chi connectivity index (χ1) is 8.70. The van der Waals surface area contributed by atoms with Crippen LogP contribution in [0.2, 0.25) is 0 Å². The lowest BCUT2D eigenvalue weighted by atomic mass is 9.80. The Bertz CT molecular complexity index is 457. The number of halogens is 1. The van der Waals surface area contributed by atoms with Gasteiger partial charge in [-0.1, -0.05) is 28.4 Å². The predicted octanol–water partition coefficient (Wildman–Crippen LogP) is 3.71. The van der Waals surface area contributed by atoms with Gasteiger partial charge in [-0.3, -0.25) is 0 Å². The van der Waals surface area contributed by atoms with Gasteiger partial charge in [0.05, 0.1) is 12.2 Å². The van der Waals surface area contributed by atoms with Gasteiger partial charge in [0, 0.05) is 17.3 Å². The van der Waals surface area contributed by atoms with Crippen LogP contribution < -0.4 is 5.32 Å². The number of anilines is 1. The molecule has 2 atom stereocenters. The molecule has 2 unspecified atom stereocenters. The van der Waals surface area contributed by atoms with Gasteiger partial charge in [0.2, 0.25) is 0 Å². The van der Waals surface area contributed by atoms with E-state index < -0.39 is 5.54 Å². The van der Waals surface area contributed by atoms with Crippen molar-refractivity contribution in [2.75, 3.05) is 12.4 Å². The van der Waals surface area contributed by atoms with Gasteiger partial charge in [-0.2, -0.15) is 5.26 Å². The molecule has 0 amide bonds. The van der Waals surface area contributed by atoms with E-state index in [1.807, 2.05) is 24.3 Å². The van der Waals surface area contributed by atoms with Crippen molar-refractivity contribution in [3.05, 3.63) is 28.7 Å². The number of benzene rings is 1. The van der Waals surface area contributed by atoms with Crippen LogP contribution in [-0.4, -0.2) is 18.8 Å². The minimum absolute atomic E-state index is 0.0461. The molecule has 0 heterocycles. The van der Waals surface area contributed by atoms with Crippen molar-refractivity contribution in [1.29, 1.82) is 5.26 Å². The summed E-state index contributed by atoms with van der Waals surface area (Å²) in [4.78, 5) is 0. The Balaban J connectivity index is 2.24. The monoisotopic (exact) mass is 308 g/mol. The van der Waals surface area contributed by atoms with E-state index in [1.165, 1.54) is 0 Å². The standard InChI is InChI=1S/C14H17BrN2O/c1-18-13-7-2-3-8-14(13,10-16)17-12-6-4-5-11(15)9-12/h4-6,9,13,17H,2-3,7-8H2,1H3. The van der Waals surface area contributed by atoms with Crippen LogP contribution in [0.1, 0.15) is 25.7 Å². The highest BCUT2D eigenvalue weighted by molar-refractivity contribution is 9.10. The van der Waals surface area contributed by atoms with E-state index >= 15 is 0 Å². The molecule has 2 rings (SSSR count). The zero-order valence-corrected chi connectivity index (χ0v) is 12.0. The van der Waals surface area contributed by atoms with Crippen LogP contribution in [0.3, 0.4) is 0 Å². The minimum atomic E-state index is -0.603. The molecule has 1 aliphatic carbocycles. The van der Waals surface area contributed by atoms with Crippen LogP contribution in [0.5, 0.6) is 0 Å². The van der Waals surface area contributed by atoms with E-state index in [9.17, 15) is 5.26 Å². The summed E-state index contributed by atoms with van der Waals surface area (Å²) < 4.78 is 6.51. The molecule has 1 aromatic rings. The molecule has 0 aromatic heterocycles. The van der Waals surface area contributed by atoms with Gasteiger partial charge < -0.3 is 10.1 Å². The highest BCUT2D eigenvalue weighted by Crippen LogP contribution is 2.33. The summed E-state index contributed by atoms with van der Waals surface area (Å²) in [5.74, 6) is 0. The molecule has 1 aromatic carbocycles. The lowest BCUT2D eigenvalue weighted by Crippen LogP contribution is -2.51. The number of nitrogens with zero attached hydrogens (tertiary/aromatic N) is 1. The Labute approximate surface area is 116 Å². The maximum absolute atomic E-state index is 9.57. The van der Waals surface area contributed by atoms with Crippen LogP contribution in [-0.2, 0) is 4.74 Å². The molecule has 18 heavy (non-hydrogen) atoms. The van der Waals surface area contributed by atoms with Gasteiger partial charge >= 0.3 is 0 Å². The number of hydrogen-bond acceptors (Lipinski definition) is 3. The van der Waals surface area contributed by atoms with Crippen molar-refractivity contribution in [3.63, 3.8) is 0 Å². The summed E-state index contributed by atoms with van der Waals surface area (Å²) >= 11 is 3.44. The molecule has 0 spiro atoms. The van der Waals surface area contributed by atoms with Crippen molar-refractivity contribution >= 4 is 21.6 Å². The molecule has 96 valence electrons. The van der Waals surface area contributed by atoms with Gasteiger partial charge in [-0.15, -0.1) is 0 Å². The summed E-state index contributed by atoms with van der Waals surface area (Å²) in [5.41, 5.74) is 0.350. The normalized spacial score (nSPS) is 27.5. The molecular weight excluding hydrogens is 292 g/mol. The van der Waals surface area contributed by atoms with Gasteiger partial charge in [-0.05, 0) is 37.5 Å². The second-order valence-electron chi connectivity index (χ2n) is 4.69. The minimum Gasteiger partial charge on any atom is -0.378 e. The smallest absolute Gasteiger partial charge is 0.151 e. The summed E-state index contributed by atoms with van der Waals surface area (Å²) in [6, 6.07) is 10.3. The molecule has 3 nitrogen and oxygen atoms in total. The Morgan fingerprint density at radius 1 is 1.50 bits per heavy atom. The van der Waals surface area contributed by atoms with Crippen LogP contribution in [0, 0.1) is 11.3 Å². The zero-order chi connectivity index (χ0) is 13.0. The third-order valence-electron chi connectivity index (χ3n) is 3.51. The van der Waals surface area contributed by atoms with Crippen molar-refractivity contribution < 1.29 is 4.74 Å². The molecule has 0 saturated heterocycles. The van der Waals surface area contributed by atoms with Crippen molar-refractivity contribution in [3.8, 4) is 6.07 Å². The highest BCUT2D eigenvalue weighted by Gasteiger charge is 2.41. The van der Waals surface area contributed by atoms with E-state index in [0.29, 0.717) is 0 Å². The second-order valence-corrected chi connectivity index (χ2v) is 5.60. The molecular formula is C14H17BrN2O. The third kappa shape index (κ3) is 2.68. The van der Waals surface area contributed by atoms with E-state index in [2.05, 4.69) is 27.3 Å². The molecule has 1 saturated carbocycles. The predicted molar refractivity (Wildman–Crippen MR) is 75.4 cm³/mol. The molecule has 0 aliphatic heterocycles. The number of ether oxygens (including phenoxy) is 1. The third-order valence-corrected chi connectivity index (χ3v) is 4.01. The molecule has 1 aliphatic rings. The summed E-state index contributed by atoms with van der Waals surface area (Å²) in [6.07, 6.45) is 3.91. The van der Waals surface area contributed by atoms with Gasteiger partial charge in [0.25, 0.3) is 0 Å². The number of hydrogen-bond donors (Lipinski definition) is 1. The number of nitrogens with one attached hydrogen (secondary N) is 1. The lowest BCUT2D eigenvalue weighted by molar-refractivity contribution is 0.0370. The molecule has 4 heteroatoms. The van der Waals surface area contributed by atoms with Crippen LogP contribution in [0.4, 0.5) is 5.69 Å². The van der Waals surface area contributed by atoms with E-state index in [-0.39, 0.29) is 6.10 Å². The number of nitriles is 1. The van der Waals surface area contributed by atoms with Crippen molar-refractivity contribution in [2.24, 2.45) is 0 Å². The average Bonchev–Trinajstić information content (AvgIpc) is 2.39. The zero-order valence-electron chi connectivity index (χ0n) is 10.4. The highest BCUT2D eigenvalue weighted by atomic mass is 79.9. The molecule has 1 N–H and O–H groups in total. The fraction of sp³-hybridized carbons (Fsp3) is 0.500. The van der Waals surface area contributed by atoms with E-state index in [0.717, 1.165) is 35.8 Å². The summed E-state index contributed by atoms with van der Waals surface area (Å²) in [5, 5.41) is 12.9. The average molecular weight is 309 g/mol. The maximum atomic E-state index is 9.57. The number of rotatable bonds is 3. The van der Waals surface area contributed by atoms with Crippen LogP contribution in [0.25, 0.3) is 0 Å². The number of methoxy groups -OCH3 is 1. The van der Waals surface area contributed by atoms with Crippen molar-refractivity contribution in [1.82, 2.24) is 0 Å². The Morgan fingerprint density at radius 3 is 3.00 bits per heavy atom. The second kappa shape index (κ2) is 5.73. The van der Waals surface area contributed by atoms with E-state index in [4.69, 9.17) is 4.74 Å². The first kappa shape index (κ1) is 13.4. The topological polar surface area (TPSA) is 45.0 Å². The maximum Gasteiger partial charge on any atom is 0.151 e. The fourth-order valence-corrected chi connectivity index (χ4v) is 2.98. The summed E-state index contributed by atoms with van der Waals surface area (Å²) in [7, 11) is 1.69. The van der Waals surface area contributed by atoms with E-state index in [1.54, 1.807) is 7.11 Å². The quantitative estimate of drug-likeness (QED) is 0.925.